The fraction of sp³-hybridized carbons (Fsp3) is 0.333. The van der Waals surface area contributed by atoms with Gasteiger partial charge in [-0.15, -0.1) is 11.8 Å². The minimum absolute atomic E-state index is 0.308. The van der Waals surface area contributed by atoms with Gasteiger partial charge in [-0.2, -0.15) is 0 Å². The van der Waals surface area contributed by atoms with Gasteiger partial charge in [0, 0.05) is 5.56 Å². The lowest BCUT2D eigenvalue weighted by atomic mass is 10.2. The molecular weight excluding hydrogens is 257 g/mol. The third kappa shape index (κ3) is 2.33. The van der Waals surface area contributed by atoms with E-state index in [0.29, 0.717) is 5.56 Å². The summed E-state index contributed by atoms with van der Waals surface area (Å²) >= 11 is 1.24. The van der Waals surface area contributed by atoms with Crippen LogP contribution in [0.3, 0.4) is 0 Å². The van der Waals surface area contributed by atoms with E-state index in [1.807, 2.05) is 0 Å². The maximum atomic E-state index is 13.7. The van der Waals surface area contributed by atoms with E-state index in [2.05, 4.69) is 0 Å². The highest BCUT2D eigenvalue weighted by atomic mass is 32.2. The van der Waals surface area contributed by atoms with E-state index in [9.17, 15) is 19.1 Å². The maximum Gasteiger partial charge on any atom is 0.237 e. The minimum Gasteiger partial charge on any atom is -0.548 e. The van der Waals surface area contributed by atoms with Gasteiger partial charge in [-0.05, 0) is 13.0 Å². The summed E-state index contributed by atoms with van der Waals surface area (Å²) in [4.78, 5) is 23.6. The molecule has 4 nitrogen and oxygen atoms in total. The Kier molecular flexibility index (Phi) is 3.56. The Morgan fingerprint density at radius 3 is 2.78 bits per heavy atom. The van der Waals surface area contributed by atoms with E-state index in [4.69, 9.17) is 0 Å². The SMILES string of the molecule is C[C@H]1S[C@H](c2ccccc2F)N(CC(=O)[O-])C1=O. The second kappa shape index (κ2) is 4.97. The fourth-order valence-corrected chi connectivity index (χ4v) is 3.19. The van der Waals surface area contributed by atoms with Crippen molar-refractivity contribution in [1.29, 1.82) is 0 Å². The van der Waals surface area contributed by atoms with Crippen LogP contribution in [0.4, 0.5) is 4.39 Å². The van der Waals surface area contributed by atoms with Crippen LogP contribution in [-0.4, -0.2) is 28.6 Å². The highest BCUT2D eigenvalue weighted by Crippen LogP contribution is 2.43. The molecule has 2 rings (SSSR count). The lowest BCUT2D eigenvalue weighted by Crippen LogP contribution is -2.41. The largest absolute Gasteiger partial charge is 0.548 e. The number of hydrogen-bond donors (Lipinski definition) is 0. The van der Waals surface area contributed by atoms with E-state index in [-0.39, 0.29) is 11.2 Å². The summed E-state index contributed by atoms with van der Waals surface area (Å²) in [5.41, 5.74) is 0.321. The third-order valence-corrected chi connectivity index (χ3v) is 4.09. The molecule has 0 unspecified atom stereocenters. The Hall–Kier alpha value is -1.56. The van der Waals surface area contributed by atoms with Crippen LogP contribution in [0.15, 0.2) is 24.3 Å². The highest BCUT2D eigenvalue weighted by Gasteiger charge is 2.39. The number of thioether (sulfide) groups is 1. The van der Waals surface area contributed by atoms with Crippen molar-refractivity contribution in [2.75, 3.05) is 6.54 Å². The summed E-state index contributed by atoms with van der Waals surface area (Å²) in [6.07, 6.45) is 0. The molecule has 96 valence electrons. The van der Waals surface area contributed by atoms with Crippen molar-refractivity contribution < 1.29 is 19.1 Å². The number of carboxylic acid groups (broad SMARTS) is 1. The molecule has 0 aromatic heterocycles. The van der Waals surface area contributed by atoms with Crippen LogP contribution in [0.2, 0.25) is 0 Å². The Balaban J connectivity index is 2.34. The first-order valence-electron chi connectivity index (χ1n) is 5.41. The number of amides is 1. The molecule has 18 heavy (non-hydrogen) atoms. The van der Waals surface area contributed by atoms with Crippen molar-refractivity contribution in [2.45, 2.75) is 17.5 Å². The van der Waals surface area contributed by atoms with Gasteiger partial charge in [0.15, 0.2) is 0 Å². The van der Waals surface area contributed by atoms with Crippen molar-refractivity contribution in [3.8, 4) is 0 Å². The first-order chi connectivity index (χ1) is 8.50. The predicted molar refractivity (Wildman–Crippen MR) is 62.9 cm³/mol. The van der Waals surface area contributed by atoms with Gasteiger partial charge < -0.3 is 14.8 Å². The number of halogens is 1. The maximum absolute atomic E-state index is 13.7. The normalized spacial score (nSPS) is 23.4. The van der Waals surface area contributed by atoms with Gasteiger partial charge in [0.2, 0.25) is 5.91 Å². The van der Waals surface area contributed by atoms with Crippen molar-refractivity contribution in [2.24, 2.45) is 0 Å². The molecule has 1 aliphatic rings. The number of rotatable bonds is 3. The van der Waals surface area contributed by atoms with Gasteiger partial charge in [-0.1, -0.05) is 18.2 Å². The summed E-state index contributed by atoms with van der Waals surface area (Å²) < 4.78 is 13.7. The number of carbonyl (C=O) groups is 2. The highest BCUT2D eigenvalue weighted by molar-refractivity contribution is 8.01. The van der Waals surface area contributed by atoms with Crippen LogP contribution >= 0.6 is 11.8 Å². The number of aliphatic carboxylic acids is 1. The van der Waals surface area contributed by atoms with E-state index >= 15 is 0 Å². The molecule has 0 radical (unpaired) electrons. The molecule has 1 aromatic carbocycles. The zero-order valence-electron chi connectivity index (χ0n) is 9.63. The summed E-state index contributed by atoms with van der Waals surface area (Å²) in [5, 5.41) is 9.68. The summed E-state index contributed by atoms with van der Waals surface area (Å²) in [6, 6.07) is 6.05. The monoisotopic (exact) mass is 268 g/mol. The van der Waals surface area contributed by atoms with Crippen LogP contribution < -0.4 is 5.11 Å². The molecule has 0 spiro atoms. The second-order valence-electron chi connectivity index (χ2n) is 3.99. The number of nitrogens with zero attached hydrogens (tertiary/aromatic N) is 1. The van der Waals surface area contributed by atoms with Crippen molar-refractivity contribution in [3.05, 3.63) is 35.6 Å². The van der Waals surface area contributed by atoms with E-state index in [1.165, 1.54) is 17.8 Å². The third-order valence-electron chi connectivity index (χ3n) is 2.72. The van der Waals surface area contributed by atoms with E-state index in [0.717, 1.165) is 4.90 Å². The molecule has 1 aromatic rings. The zero-order chi connectivity index (χ0) is 13.3. The number of hydrogen-bond acceptors (Lipinski definition) is 4. The molecule has 1 aliphatic heterocycles. The lowest BCUT2D eigenvalue weighted by molar-refractivity contribution is -0.306. The van der Waals surface area contributed by atoms with Crippen LogP contribution in [0.25, 0.3) is 0 Å². The Bertz CT molecular complexity index is 494. The molecule has 0 N–H and O–H groups in total. The average molecular weight is 268 g/mol. The Labute approximate surface area is 108 Å². The topological polar surface area (TPSA) is 60.4 Å². The van der Waals surface area contributed by atoms with Crippen molar-refractivity contribution >= 4 is 23.6 Å². The van der Waals surface area contributed by atoms with Crippen LogP contribution in [0.5, 0.6) is 0 Å². The van der Waals surface area contributed by atoms with Crippen LogP contribution in [0, 0.1) is 5.82 Å². The lowest BCUT2D eigenvalue weighted by Gasteiger charge is -2.24. The summed E-state index contributed by atoms with van der Waals surface area (Å²) in [6.45, 7) is 1.16. The molecule has 6 heteroatoms. The molecule has 0 aliphatic carbocycles. The molecule has 0 saturated carbocycles. The second-order valence-corrected chi connectivity index (χ2v) is 5.42. The molecular formula is C12H11FNO3S-. The summed E-state index contributed by atoms with van der Waals surface area (Å²) in [7, 11) is 0. The Morgan fingerprint density at radius 2 is 2.17 bits per heavy atom. The van der Waals surface area contributed by atoms with Gasteiger partial charge in [-0.3, -0.25) is 4.79 Å². The van der Waals surface area contributed by atoms with Crippen LogP contribution in [-0.2, 0) is 9.59 Å². The minimum atomic E-state index is -1.35. The molecule has 1 amide bonds. The zero-order valence-corrected chi connectivity index (χ0v) is 10.4. The number of carbonyl (C=O) groups excluding carboxylic acids is 2. The molecule has 2 atom stereocenters. The number of benzene rings is 1. The van der Waals surface area contributed by atoms with Crippen molar-refractivity contribution in [3.63, 3.8) is 0 Å². The van der Waals surface area contributed by atoms with Gasteiger partial charge in [0.1, 0.15) is 11.2 Å². The quantitative estimate of drug-likeness (QED) is 0.802. The molecule has 1 heterocycles. The van der Waals surface area contributed by atoms with Gasteiger partial charge in [0.25, 0.3) is 0 Å². The smallest absolute Gasteiger partial charge is 0.237 e. The van der Waals surface area contributed by atoms with Crippen LogP contribution in [0.1, 0.15) is 17.9 Å². The molecule has 1 saturated heterocycles. The van der Waals surface area contributed by atoms with Crippen molar-refractivity contribution in [1.82, 2.24) is 4.90 Å². The Morgan fingerprint density at radius 1 is 1.50 bits per heavy atom. The van der Waals surface area contributed by atoms with E-state index < -0.39 is 23.7 Å². The fourth-order valence-electron chi connectivity index (χ4n) is 1.89. The van der Waals surface area contributed by atoms with E-state index in [1.54, 1.807) is 25.1 Å². The first-order valence-corrected chi connectivity index (χ1v) is 6.35. The first kappa shape index (κ1) is 12.9. The standard InChI is InChI=1S/C12H12FNO3S/c1-7-11(17)14(6-10(15)16)12(18-7)8-4-2-3-5-9(8)13/h2-5,7,12H,6H2,1H3,(H,15,16)/p-1/t7-,12-/m1/s1. The molecule has 1 fully saturated rings. The summed E-state index contributed by atoms with van der Waals surface area (Å²) in [5.74, 6) is -2.10. The predicted octanol–water partition coefficient (Wildman–Crippen LogP) is 0.538. The number of carboxylic acids is 1. The van der Waals surface area contributed by atoms with Gasteiger partial charge >= 0.3 is 0 Å². The average Bonchev–Trinajstić information content (AvgIpc) is 2.57. The van der Waals surface area contributed by atoms with Gasteiger partial charge in [0.05, 0.1) is 17.8 Å². The van der Waals surface area contributed by atoms with Gasteiger partial charge in [-0.25, -0.2) is 4.39 Å². The molecule has 0 bridgehead atoms.